The van der Waals surface area contributed by atoms with Gasteiger partial charge in [0.05, 0.1) is 34.6 Å². The Balaban J connectivity index is 1.53. The van der Waals surface area contributed by atoms with Crippen LogP contribution in [0.4, 0.5) is 13.2 Å². The van der Waals surface area contributed by atoms with Gasteiger partial charge < -0.3 is 14.0 Å². The van der Waals surface area contributed by atoms with Crippen LogP contribution < -0.4 is 10.3 Å². The molecule has 9 heteroatoms. The van der Waals surface area contributed by atoms with Crippen LogP contribution in [0.15, 0.2) is 65.5 Å². The molecule has 2 aliphatic rings. The van der Waals surface area contributed by atoms with E-state index in [4.69, 9.17) is 14.5 Å². The summed E-state index contributed by atoms with van der Waals surface area (Å²) in [6, 6.07) is 15.6. The third kappa shape index (κ3) is 3.22. The third-order valence-corrected chi connectivity index (χ3v) is 6.84. The number of benzene rings is 2. The second kappa shape index (κ2) is 7.68. The molecule has 0 saturated carbocycles. The Bertz CT molecular complexity index is 1630. The Kier molecular flexibility index (Phi) is 4.76. The van der Waals surface area contributed by atoms with E-state index in [0.717, 1.165) is 28.6 Å². The van der Waals surface area contributed by atoms with Crippen molar-refractivity contribution >= 4 is 16.9 Å². The predicted molar refractivity (Wildman–Crippen MR) is 124 cm³/mol. The average molecular weight is 492 g/mol. The molecule has 6 nitrogen and oxygen atoms in total. The van der Waals surface area contributed by atoms with Gasteiger partial charge in [0.25, 0.3) is 5.56 Å². The Morgan fingerprint density at radius 2 is 1.89 bits per heavy atom. The number of esters is 1. The summed E-state index contributed by atoms with van der Waals surface area (Å²) in [6.45, 7) is 1.73. The summed E-state index contributed by atoms with van der Waals surface area (Å²) in [7, 11) is 0. The van der Waals surface area contributed by atoms with Gasteiger partial charge >= 0.3 is 12.1 Å². The fourth-order valence-electron chi connectivity index (χ4n) is 5.02. The summed E-state index contributed by atoms with van der Waals surface area (Å²) >= 11 is 0. The lowest BCUT2D eigenvalue weighted by Gasteiger charge is -2.36. The molecule has 2 aromatic carbocycles. The molecule has 36 heavy (non-hydrogen) atoms. The topological polar surface area (TPSA) is 70.4 Å². The number of pyridine rings is 2. The Hall–Kier alpha value is -4.14. The maximum Gasteiger partial charge on any atom is 0.416 e. The first kappa shape index (κ1) is 22.3. The summed E-state index contributed by atoms with van der Waals surface area (Å²) in [6.07, 6.45) is -4.54. The number of alkyl halides is 3. The van der Waals surface area contributed by atoms with E-state index < -0.39 is 23.3 Å². The number of ether oxygens (including phenoxy) is 2. The summed E-state index contributed by atoms with van der Waals surface area (Å²) in [5.74, 6) is -0.912. The zero-order chi connectivity index (χ0) is 25.2. The van der Waals surface area contributed by atoms with Crippen molar-refractivity contribution in [3.63, 3.8) is 0 Å². The first-order chi connectivity index (χ1) is 17.2. The largest absolute Gasteiger partial charge is 0.471 e. The number of carbonyl (C=O) groups excluding carboxylic acids is 1. The number of rotatable bonds is 3. The van der Waals surface area contributed by atoms with Gasteiger partial charge in [0.15, 0.2) is 0 Å². The second-order valence-electron chi connectivity index (χ2n) is 8.89. The van der Waals surface area contributed by atoms with Crippen LogP contribution in [-0.4, -0.2) is 15.5 Å². The van der Waals surface area contributed by atoms with Crippen LogP contribution in [0.2, 0.25) is 0 Å². The highest BCUT2D eigenvalue weighted by atomic mass is 19.4. The quantitative estimate of drug-likeness (QED) is 0.325. The maximum atomic E-state index is 13.6. The Labute approximate surface area is 202 Å². The fourth-order valence-corrected chi connectivity index (χ4v) is 5.02. The molecule has 0 amide bonds. The van der Waals surface area contributed by atoms with Crippen molar-refractivity contribution in [2.24, 2.45) is 0 Å². The highest BCUT2D eigenvalue weighted by molar-refractivity contribution is 5.86. The van der Waals surface area contributed by atoms with Gasteiger partial charge in [-0.2, -0.15) is 13.2 Å². The van der Waals surface area contributed by atoms with Crippen LogP contribution in [0.5, 0.6) is 5.75 Å². The predicted octanol–water partition coefficient (Wildman–Crippen LogP) is 5.19. The molecular weight excluding hydrogens is 473 g/mol. The van der Waals surface area contributed by atoms with Crippen molar-refractivity contribution in [1.29, 1.82) is 0 Å². The van der Waals surface area contributed by atoms with E-state index in [0.29, 0.717) is 17.9 Å². The fraction of sp³-hybridized carbons (Fsp3) is 0.222. The van der Waals surface area contributed by atoms with Gasteiger partial charge in [-0.05, 0) is 42.8 Å². The smallest absolute Gasteiger partial charge is 0.416 e. The molecule has 2 aromatic heterocycles. The molecule has 4 aromatic rings. The number of halogens is 3. The van der Waals surface area contributed by atoms with Crippen LogP contribution in [0.3, 0.4) is 0 Å². The van der Waals surface area contributed by atoms with Gasteiger partial charge in [-0.25, -0.2) is 9.78 Å². The third-order valence-electron chi connectivity index (χ3n) is 6.84. The van der Waals surface area contributed by atoms with E-state index >= 15 is 0 Å². The SMILES string of the molecule is CC[C@@]1(Oc2cccc(C(F)(F)F)c2)C(=O)OCc2c1cc1n(c2=O)Cc2cc3ccccc3nc2-1. The van der Waals surface area contributed by atoms with Crippen molar-refractivity contribution in [3.05, 3.63) is 93.3 Å². The zero-order valence-corrected chi connectivity index (χ0v) is 19.1. The standard InChI is InChI=1S/C27H19F3N2O4/c1-2-26(36-18-8-5-7-17(11-18)27(28,29)30)20-12-22-23-16(10-15-6-3-4-9-21(15)31-23)13-32(22)24(33)19(20)14-35-25(26)34/h3-12H,2,13-14H2,1H3/t26-/m0/s1. The van der Waals surface area contributed by atoms with Gasteiger partial charge in [0, 0.05) is 16.5 Å². The molecule has 0 spiro atoms. The summed E-state index contributed by atoms with van der Waals surface area (Å²) in [5.41, 5.74) is 0.264. The minimum absolute atomic E-state index is 0.0377. The van der Waals surface area contributed by atoms with E-state index in [1.165, 1.54) is 12.1 Å². The molecule has 0 unspecified atom stereocenters. The van der Waals surface area contributed by atoms with Crippen molar-refractivity contribution in [3.8, 4) is 17.1 Å². The van der Waals surface area contributed by atoms with Crippen molar-refractivity contribution < 1.29 is 27.4 Å². The molecular formula is C27H19F3N2O4. The Morgan fingerprint density at radius 3 is 2.67 bits per heavy atom. The molecule has 182 valence electrons. The highest BCUT2D eigenvalue weighted by Gasteiger charge is 2.49. The molecule has 6 rings (SSSR count). The van der Waals surface area contributed by atoms with Gasteiger partial charge in [-0.15, -0.1) is 0 Å². The van der Waals surface area contributed by atoms with E-state index in [2.05, 4.69) is 0 Å². The normalized spacial score (nSPS) is 18.4. The molecule has 0 fully saturated rings. The second-order valence-corrected chi connectivity index (χ2v) is 8.89. The molecule has 0 bridgehead atoms. The van der Waals surface area contributed by atoms with Gasteiger partial charge in [0.2, 0.25) is 5.60 Å². The highest BCUT2D eigenvalue weighted by Crippen LogP contribution is 2.42. The van der Waals surface area contributed by atoms with Crippen LogP contribution in [0, 0.1) is 0 Å². The van der Waals surface area contributed by atoms with Crippen LogP contribution in [-0.2, 0) is 34.5 Å². The summed E-state index contributed by atoms with van der Waals surface area (Å²) < 4.78 is 52.8. The number of fused-ring (bicyclic) bond motifs is 5. The first-order valence-electron chi connectivity index (χ1n) is 11.4. The lowest BCUT2D eigenvalue weighted by atomic mass is 9.85. The van der Waals surface area contributed by atoms with E-state index in [-0.39, 0.29) is 35.5 Å². The summed E-state index contributed by atoms with van der Waals surface area (Å²) in [4.78, 5) is 31.5. The van der Waals surface area contributed by atoms with E-state index in [9.17, 15) is 22.8 Å². The number of cyclic esters (lactones) is 1. The number of para-hydroxylation sites is 1. The zero-order valence-electron chi connectivity index (χ0n) is 19.1. The molecule has 0 N–H and O–H groups in total. The van der Waals surface area contributed by atoms with Crippen molar-refractivity contribution in [2.75, 3.05) is 0 Å². The average Bonchev–Trinajstić information content (AvgIpc) is 3.22. The van der Waals surface area contributed by atoms with Gasteiger partial charge in [-0.3, -0.25) is 4.79 Å². The lowest BCUT2D eigenvalue weighted by molar-refractivity contribution is -0.168. The lowest BCUT2D eigenvalue weighted by Crippen LogP contribution is -2.48. The number of hydrogen-bond donors (Lipinski definition) is 0. The van der Waals surface area contributed by atoms with E-state index in [1.807, 2.05) is 30.3 Å². The number of nitrogens with zero attached hydrogens (tertiary/aromatic N) is 2. The van der Waals surface area contributed by atoms with Gasteiger partial charge in [0.1, 0.15) is 12.4 Å². The van der Waals surface area contributed by atoms with Crippen molar-refractivity contribution in [1.82, 2.24) is 9.55 Å². The van der Waals surface area contributed by atoms with E-state index in [1.54, 1.807) is 17.6 Å². The molecule has 0 aliphatic carbocycles. The number of carbonyl (C=O) groups is 1. The van der Waals surface area contributed by atoms with Crippen LogP contribution in [0.1, 0.15) is 35.6 Å². The number of aromatic nitrogens is 2. The van der Waals surface area contributed by atoms with Crippen LogP contribution in [0.25, 0.3) is 22.3 Å². The molecule has 0 radical (unpaired) electrons. The van der Waals surface area contributed by atoms with Crippen LogP contribution >= 0.6 is 0 Å². The molecule has 1 atom stereocenters. The minimum Gasteiger partial charge on any atom is -0.471 e. The van der Waals surface area contributed by atoms with Crippen molar-refractivity contribution in [2.45, 2.75) is 38.3 Å². The summed E-state index contributed by atoms with van der Waals surface area (Å²) in [5, 5.41) is 0.941. The number of hydrogen-bond acceptors (Lipinski definition) is 5. The minimum atomic E-state index is -4.58. The monoisotopic (exact) mass is 492 g/mol. The van der Waals surface area contributed by atoms with Gasteiger partial charge in [-0.1, -0.05) is 31.2 Å². The maximum absolute atomic E-state index is 13.6. The Morgan fingerprint density at radius 1 is 1.08 bits per heavy atom. The molecule has 0 saturated heterocycles. The first-order valence-corrected chi connectivity index (χ1v) is 11.4. The molecule has 2 aliphatic heterocycles. The molecule has 4 heterocycles.